The molecule has 0 fully saturated rings. The minimum Gasteiger partial charge on any atom is -0.379 e. The summed E-state index contributed by atoms with van der Waals surface area (Å²) in [4.78, 5) is 11.4. The smallest absolute Gasteiger partial charge is 0.312 e. The molecule has 0 spiro atoms. The number of hydrogen-bond acceptors (Lipinski definition) is 4. The van der Waals surface area contributed by atoms with E-state index in [0.717, 1.165) is 38.5 Å². The number of carbonyl (C=O) groups excluding carboxylic acids is 1. The lowest BCUT2D eigenvalue weighted by molar-refractivity contribution is -0.0354. The monoisotopic (exact) mass is 332 g/mol. The van der Waals surface area contributed by atoms with Gasteiger partial charge in [0.2, 0.25) is 0 Å². The van der Waals surface area contributed by atoms with Crippen molar-refractivity contribution >= 4 is 6.03 Å². The topological polar surface area (TPSA) is 82.8 Å². The molecule has 0 aliphatic heterocycles. The van der Waals surface area contributed by atoms with Crippen LogP contribution in [0.1, 0.15) is 59.3 Å². The molecular weight excluding hydrogens is 296 g/mol. The van der Waals surface area contributed by atoms with Crippen LogP contribution in [0.5, 0.6) is 0 Å². The van der Waals surface area contributed by atoms with Crippen LogP contribution in [-0.2, 0) is 14.2 Å². The van der Waals surface area contributed by atoms with Crippen molar-refractivity contribution in [2.24, 2.45) is 5.73 Å². The molecule has 0 saturated heterocycles. The third-order valence-electron chi connectivity index (χ3n) is 3.45. The van der Waals surface area contributed by atoms with Crippen LogP contribution < -0.4 is 11.1 Å². The Hall–Kier alpha value is -0.850. The van der Waals surface area contributed by atoms with Crippen LogP contribution in [0.25, 0.3) is 0 Å². The largest absolute Gasteiger partial charge is 0.379 e. The van der Waals surface area contributed by atoms with E-state index in [1.807, 2.05) is 0 Å². The van der Waals surface area contributed by atoms with Gasteiger partial charge in [0.25, 0.3) is 0 Å². The lowest BCUT2D eigenvalue weighted by Crippen LogP contribution is -2.60. The van der Waals surface area contributed by atoms with Crippen molar-refractivity contribution in [2.75, 3.05) is 39.6 Å². The molecule has 23 heavy (non-hydrogen) atoms. The molecule has 3 N–H and O–H groups in total. The number of nitrogens with two attached hydrogens (primary N) is 1. The number of unbranched alkanes of at least 4 members (excludes halogenated alkanes) is 3. The lowest BCUT2D eigenvalue weighted by Gasteiger charge is -2.33. The van der Waals surface area contributed by atoms with Crippen LogP contribution in [0.4, 0.5) is 4.79 Å². The van der Waals surface area contributed by atoms with E-state index in [-0.39, 0.29) is 0 Å². The van der Waals surface area contributed by atoms with Crippen molar-refractivity contribution in [3.8, 4) is 0 Å². The summed E-state index contributed by atoms with van der Waals surface area (Å²) < 4.78 is 17.2. The summed E-state index contributed by atoms with van der Waals surface area (Å²) in [6.07, 6.45) is 6.16. The number of urea groups is 1. The Morgan fingerprint density at radius 1 is 0.826 bits per heavy atom. The molecule has 0 unspecified atom stereocenters. The maximum absolute atomic E-state index is 11.4. The van der Waals surface area contributed by atoms with Gasteiger partial charge in [-0.15, -0.1) is 0 Å². The molecule has 0 aromatic carbocycles. The van der Waals surface area contributed by atoms with Crippen LogP contribution in [0.3, 0.4) is 0 Å². The average Bonchev–Trinajstić information content (AvgIpc) is 2.52. The summed E-state index contributed by atoms with van der Waals surface area (Å²) in [7, 11) is 0. The average molecular weight is 332 g/mol. The standard InChI is InChI=1S/C17H36N2O4/c1-4-7-10-21-13-17(19-16(18)20,14-22-11-8-5-2)15-23-12-9-6-3/h4-15H2,1-3H3,(H3,18,19,20). The molecule has 0 rings (SSSR count). The highest BCUT2D eigenvalue weighted by molar-refractivity contribution is 5.72. The highest BCUT2D eigenvalue weighted by Gasteiger charge is 2.33. The van der Waals surface area contributed by atoms with Crippen LogP contribution in [0.15, 0.2) is 0 Å². The van der Waals surface area contributed by atoms with E-state index in [9.17, 15) is 4.79 Å². The second-order valence-corrected chi connectivity index (χ2v) is 5.99. The Morgan fingerprint density at radius 3 is 1.43 bits per heavy atom. The van der Waals surface area contributed by atoms with Gasteiger partial charge >= 0.3 is 6.03 Å². The maximum Gasteiger partial charge on any atom is 0.312 e. The summed E-state index contributed by atoms with van der Waals surface area (Å²) >= 11 is 0. The van der Waals surface area contributed by atoms with Crippen molar-refractivity contribution in [3.05, 3.63) is 0 Å². The van der Waals surface area contributed by atoms with Gasteiger partial charge in [0.05, 0.1) is 19.8 Å². The van der Waals surface area contributed by atoms with E-state index >= 15 is 0 Å². The van der Waals surface area contributed by atoms with Crippen molar-refractivity contribution < 1.29 is 19.0 Å². The van der Waals surface area contributed by atoms with Gasteiger partial charge < -0.3 is 25.3 Å². The van der Waals surface area contributed by atoms with E-state index in [1.165, 1.54) is 0 Å². The van der Waals surface area contributed by atoms with Gasteiger partial charge in [0.1, 0.15) is 5.54 Å². The first-order chi connectivity index (χ1) is 11.1. The summed E-state index contributed by atoms with van der Waals surface area (Å²) in [5.74, 6) is 0. The van der Waals surface area contributed by atoms with Gasteiger partial charge in [-0.3, -0.25) is 0 Å². The highest BCUT2D eigenvalue weighted by Crippen LogP contribution is 2.10. The van der Waals surface area contributed by atoms with Gasteiger partial charge in [0, 0.05) is 19.8 Å². The second-order valence-electron chi connectivity index (χ2n) is 5.99. The van der Waals surface area contributed by atoms with Crippen LogP contribution in [-0.4, -0.2) is 51.2 Å². The molecule has 0 atom stereocenters. The highest BCUT2D eigenvalue weighted by atomic mass is 16.5. The molecule has 2 amide bonds. The van der Waals surface area contributed by atoms with Gasteiger partial charge in [-0.2, -0.15) is 0 Å². The van der Waals surface area contributed by atoms with Crippen molar-refractivity contribution in [3.63, 3.8) is 0 Å². The number of carbonyl (C=O) groups is 1. The summed E-state index contributed by atoms with van der Waals surface area (Å²) in [6, 6.07) is -0.581. The minimum atomic E-state index is -0.721. The van der Waals surface area contributed by atoms with E-state index in [0.29, 0.717) is 39.6 Å². The number of amides is 2. The predicted octanol–water partition coefficient (Wildman–Crippen LogP) is 2.84. The zero-order valence-corrected chi connectivity index (χ0v) is 15.2. The number of ether oxygens (including phenoxy) is 3. The Morgan fingerprint density at radius 2 is 1.17 bits per heavy atom. The van der Waals surface area contributed by atoms with Crippen molar-refractivity contribution in [1.29, 1.82) is 0 Å². The van der Waals surface area contributed by atoms with E-state index in [1.54, 1.807) is 0 Å². The van der Waals surface area contributed by atoms with Gasteiger partial charge in [-0.25, -0.2) is 4.79 Å². The maximum atomic E-state index is 11.4. The summed E-state index contributed by atoms with van der Waals surface area (Å²) in [5.41, 5.74) is 4.63. The van der Waals surface area contributed by atoms with E-state index < -0.39 is 11.6 Å². The van der Waals surface area contributed by atoms with Crippen LogP contribution in [0.2, 0.25) is 0 Å². The first-order valence-corrected chi connectivity index (χ1v) is 8.91. The molecule has 6 nitrogen and oxygen atoms in total. The van der Waals surface area contributed by atoms with Gasteiger partial charge in [-0.1, -0.05) is 40.0 Å². The molecule has 0 aliphatic carbocycles. The molecule has 0 saturated carbocycles. The fourth-order valence-corrected chi connectivity index (χ4v) is 2.04. The number of hydrogen-bond donors (Lipinski definition) is 2. The molecule has 138 valence electrons. The minimum absolute atomic E-state index is 0.341. The number of nitrogens with one attached hydrogen (secondary N) is 1. The molecule has 0 aliphatic rings. The first kappa shape index (κ1) is 22.1. The fourth-order valence-electron chi connectivity index (χ4n) is 2.04. The molecule has 0 aromatic rings. The summed E-state index contributed by atoms with van der Waals surface area (Å²) in [5, 5.41) is 2.79. The fraction of sp³-hybridized carbons (Fsp3) is 0.941. The van der Waals surface area contributed by atoms with Crippen LogP contribution in [0, 0.1) is 0 Å². The molecular formula is C17H36N2O4. The van der Waals surface area contributed by atoms with Gasteiger partial charge in [-0.05, 0) is 19.3 Å². The third-order valence-corrected chi connectivity index (χ3v) is 3.45. The zero-order chi connectivity index (χ0) is 17.4. The first-order valence-electron chi connectivity index (χ1n) is 8.91. The Balaban J connectivity index is 4.61. The quantitative estimate of drug-likeness (QED) is 0.426. The predicted molar refractivity (Wildman–Crippen MR) is 92.6 cm³/mol. The summed E-state index contributed by atoms with van der Waals surface area (Å²) in [6.45, 7) is 9.32. The third kappa shape index (κ3) is 12.3. The second kappa shape index (κ2) is 14.7. The molecule has 0 radical (unpaired) electrons. The molecule has 0 aromatic heterocycles. The lowest BCUT2D eigenvalue weighted by atomic mass is 10.0. The molecule has 0 heterocycles. The van der Waals surface area contributed by atoms with E-state index in [2.05, 4.69) is 26.1 Å². The van der Waals surface area contributed by atoms with Crippen molar-refractivity contribution in [1.82, 2.24) is 5.32 Å². The Kier molecular flexibility index (Phi) is 14.2. The van der Waals surface area contributed by atoms with E-state index in [4.69, 9.17) is 19.9 Å². The van der Waals surface area contributed by atoms with Gasteiger partial charge in [0.15, 0.2) is 0 Å². The van der Waals surface area contributed by atoms with Crippen LogP contribution >= 0.6 is 0 Å². The number of primary amides is 1. The Labute approximate surface area is 141 Å². The normalized spacial score (nSPS) is 11.6. The zero-order valence-electron chi connectivity index (χ0n) is 15.2. The SMILES string of the molecule is CCCCOCC(COCCCC)(COCCCC)NC(N)=O. The molecule has 6 heteroatoms. The number of rotatable bonds is 16. The Bertz CT molecular complexity index is 256. The molecule has 0 bridgehead atoms. The van der Waals surface area contributed by atoms with Crippen molar-refractivity contribution in [2.45, 2.75) is 64.8 Å².